The lowest BCUT2D eigenvalue weighted by molar-refractivity contribution is 0.0951. The maximum Gasteiger partial charge on any atom is 0.251 e. The average Bonchev–Trinajstić information content (AvgIpc) is 2.72. The Morgan fingerprint density at radius 3 is 2.57 bits per heavy atom. The van der Waals surface area contributed by atoms with Crippen molar-refractivity contribution < 1.29 is 4.79 Å². The lowest BCUT2D eigenvalue weighted by Gasteiger charge is -2.26. The van der Waals surface area contributed by atoms with E-state index in [1.807, 2.05) is 43.3 Å². The number of likely N-dealkylation sites (tertiary alicyclic amines) is 1. The molecule has 0 spiro atoms. The van der Waals surface area contributed by atoms with Crippen LogP contribution in [-0.2, 0) is 6.54 Å². The predicted octanol–water partition coefficient (Wildman–Crippen LogP) is 2.14. The molecule has 1 saturated heterocycles. The van der Waals surface area contributed by atoms with Crippen LogP contribution in [0, 0.1) is 0 Å². The van der Waals surface area contributed by atoms with Crippen molar-refractivity contribution in [1.82, 2.24) is 25.8 Å². The van der Waals surface area contributed by atoms with Crippen molar-refractivity contribution in [2.75, 3.05) is 59.9 Å². The first kappa shape index (κ1) is 26.6. The summed E-state index contributed by atoms with van der Waals surface area (Å²) in [5, 5.41) is 9.69. The molecule has 1 fully saturated rings. The molecule has 0 unspecified atom stereocenters. The number of likely N-dealkylation sites (N-methyl/N-ethyl adjacent to an activating group) is 1. The number of guanidine groups is 1. The van der Waals surface area contributed by atoms with Gasteiger partial charge in [0.15, 0.2) is 5.96 Å². The van der Waals surface area contributed by atoms with E-state index in [2.05, 4.69) is 32.8 Å². The number of benzene rings is 1. The van der Waals surface area contributed by atoms with Gasteiger partial charge in [-0.3, -0.25) is 4.79 Å². The van der Waals surface area contributed by atoms with Gasteiger partial charge in [0.05, 0.1) is 6.54 Å². The van der Waals surface area contributed by atoms with Gasteiger partial charge in [-0.1, -0.05) is 18.6 Å². The maximum atomic E-state index is 12.3. The van der Waals surface area contributed by atoms with Gasteiger partial charge in [-0.25, -0.2) is 4.99 Å². The highest BCUT2D eigenvalue weighted by Gasteiger charge is 2.09. The van der Waals surface area contributed by atoms with Crippen molar-refractivity contribution in [3.8, 4) is 0 Å². The minimum atomic E-state index is -0.0377. The van der Waals surface area contributed by atoms with Gasteiger partial charge in [0.2, 0.25) is 0 Å². The summed E-state index contributed by atoms with van der Waals surface area (Å²) >= 11 is 0. The fourth-order valence-electron chi connectivity index (χ4n) is 3.33. The molecule has 30 heavy (non-hydrogen) atoms. The molecule has 170 valence electrons. The highest BCUT2D eigenvalue weighted by molar-refractivity contribution is 14.0. The second kappa shape index (κ2) is 15.4. The zero-order valence-corrected chi connectivity index (χ0v) is 21.1. The number of carbonyl (C=O) groups is 1. The van der Waals surface area contributed by atoms with E-state index in [1.165, 1.54) is 32.4 Å². The molecule has 2 rings (SSSR count). The first-order chi connectivity index (χ1) is 14.1. The first-order valence-corrected chi connectivity index (χ1v) is 10.8. The molecule has 1 amide bonds. The number of halogens is 1. The van der Waals surface area contributed by atoms with E-state index >= 15 is 0 Å². The third-order valence-electron chi connectivity index (χ3n) is 4.97. The zero-order chi connectivity index (χ0) is 20.9. The van der Waals surface area contributed by atoms with Crippen molar-refractivity contribution >= 4 is 35.8 Å². The highest BCUT2D eigenvalue weighted by Crippen LogP contribution is 2.08. The minimum Gasteiger partial charge on any atom is -0.357 e. The van der Waals surface area contributed by atoms with Crippen molar-refractivity contribution in [1.29, 1.82) is 0 Å². The van der Waals surface area contributed by atoms with E-state index in [0.717, 1.165) is 37.7 Å². The summed E-state index contributed by atoms with van der Waals surface area (Å²) in [6.45, 7) is 9.25. The maximum absolute atomic E-state index is 12.3. The number of amides is 1. The number of rotatable bonds is 10. The van der Waals surface area contributed by atoms with Crippen LogP contribution in [0.2, 0.25) is 0 Å². The Hall–Kier alpha value is -1.39. The van der Waals surface area contributed by atoms with Crippen molar-refractivity contribution in [2.24, 2.45) is 4.99 Å². The van der Waals surface area contributed by atoms with E-state index < -0.39 is 0 Å². The van der Waals surface area contributed by atoms with Crippen LogP contribution < -0.4 is 16.0 Å². The van der Waals surface area contributed by atoms with E-state index in [9.17, 15) is 4.79 Å². The van der Waals surface area contributed by atoms with Gasteiger partial charge in [0, 0.05) is 38.3 Å². The van der Waals surface area contributed by atoms with Gasteiger partial charge in [0.1, 0.15) is 0 Å². The third kappa shape index (κ3) is 10.6. The molecule has 1 aliphatic heterocycles. The lowest BCUT2D eigenvalue weighted by Crippen LogP contribution is -2.42. The molecule has 0 saturated carbocycles. The minimum absolute atomic E-state index is 0. The number of hydrogen-bond donors (Lipinski definition) is 3. The predicted molar refractivity (Wildman–Crippen MR) is 136 cm³/mol. The molecule has 1 heterocycles. The van der Waals surface area contributed by atoms with Crippen LogP contribution in [0.15, 0.2) is 29.3 Å². The van der Waals surface area contributed by atoms with E-state index in [0.29, 0.717) is 18.7 Å². The van der Waals surface area contributed by atoms with Crippen LogP contribution in [0.3, 0.4) is 0 Å². The number of aliphatic imine (C=N–C) groups is 1. The molecule has 8 heteroatoms. The third-order valence-corrected chi connectivity index (χ3v) is 4.97. The standard InChI is InChI=1S/C22H38N6O.HI/c1-4-23-22(25-12-16-28-13-6-5-7-14-28)26-18-19-9-8-10-20(17-19)21(29)24-11-15-27(2)3;/h8-10,17H,4-7,11-16,18H2,1-3H3,(H,24,29)(H2,23,25,26);1H. The molecule has 7 nitrogen and oxygen atoms in total. The van der Waals surface area contributed by atoms with Gasteiger partial charge >= 0.3 is 0 Å². The van der Waals surface area contributed by atoms with Gasteiger partial charge in [-0.15, -0.1) is 24.0 Å². The largest absolute Gasteiger partial charge is 0.357 e. The van der Waals surface area contributed by atoms with E-state index in [1.54, 1.807) is 0 Å². The Morgan fingerprint density at radius 1 is 1.10 bits per heavy atom. The van der Waals surface area contributed by atoms with Crippen LogP contribution in [0.25, 0.3) is 0 Å². The molecule has 1 aromatic rings. The smallest absolute Gasteiger partial charge is 0.251 e. The summed E-state index contributed by atoms with van der Waals surface area (Å²) in [5.74, 6) is 0.787. The molecular formula is C22H39IN6O. The Kier molecular flexibility index (Phi) is 13.7. The van der Waals surface area contributed by atoms with Crippen molar-refractivity contribution in [3.63, 3.8) is 0 Å². The normalized spacial score (nSPS) is 14.9. The summed E-state index contributed by atoms with van der Waals surface area (Å²) in [6.07, 6.45) is 3.99. The fourth-order valence-corrected chi connectivity index (χ4v) is 3.33. The molecule has 0 atom stereocenters. The van der Waals surface area contributed by atoms with Crippen LogP contribution in [0.4, 0.5) is 0 Å². The molecule has 0 aromatic heterocycles. The molecule has 0 bridgehead atoms. The summed E-state index contributed by atoms with van der Waals surface area (Å²) in [6, 6.07) is 7.70. The molecular weight excluding hydrogens is 491 g/mol. The van der Waals surface area contributed by atoms with E-state index in [-0.39, 0.29) is 29.9 Å². The number of carbonyl (C=O) groups excluding carboxylic acids is 1. The first-order valence-electron chi connectivity index (χ1n) is 10.8. The Bertz CT molecular complexity index is 646. The molecule has 1 aromatic carbocycles. The van der Waals surface area contributed by atoms with Gasteiger partial charge in [-0.2, -0.15) is 0 Å². The topological polar surface area (TPSA) is 72.0 Å². The second-order valence-corrected chi connectivity index (χ2v) is 7.78. The second-order valence-electron chi connectivity index (χ2n) is 7.78. The average molecular weight is 530 g/mol. The van der Waals surface area contributed by atoms with E-state index in [4.69, 9.17) is 0 Å². The molecule has 3 N–H and O–H groups in total. The number of piperidine rings is 1. The van der Waals surface area contributed by atoms with Gasteiger partial charge in [0.25, 0.3) is 5.91 Å². The van der Waals surface area contributed by atoms with Crippen molar-refractivity contribution in [3.05, 3.63) is 35.4 Å². The fraction of sp³-hybridized carbons (Fsp3) is 0.636. The Labute approximate surface area is 199 Å². The van der Waals surface area contributed by atoms with Crippen molar-refractivity contribution in [2.45, 2.75) is 32.7 Å². The molecule has 1 aliphatic rings. The SMILES string of the molecule is CCNC(=NCc1cccc(C(=O)NCCN(C)C)c1)NCCN1CCCCC1.I. The van der Waals surface area contributed by atoms with Gasteiger partial charge in [-0.05, 0) is 64.6 Å². The number of hydrogen-bond acceptors (Lipinski definition) is 4. The monoisotopic (exact) mass is 530 g/mol. The Balaban J connectivity index is 0.00000450. The van der Waals surface area contributed by atoms with Gasteiger partial charge < -0.3 is 25.8 Å². The Morgan fingerprint density at radius 2 is 1.87 bits per heavy atom. The summed E-state index contributed by atoms with van der Waals surface area (Å²) < 4.78 is 0. The zero-order valence-electron chi connectivity index (χ0n) is 18.7. The summed E-state index contributed by atoms with van der Waals surface area (Å²) in [4.78, 5) is 21.6. The quantitative estimate of drug-likeness (QED) is 0.246. The molecule has 0 radical (unpaired) electrons. The van der Waals surface area contributed by atoms with Crippen LogP contribution in [-0.4, -0.2) is 81.6 Å². The van der Waals surface area contributed by atoms with Crippen LogP contribution in [0.1, 0.15) is 42.1 Å². The summed E-state index contributed by atoms with van der Waals surface area (Å²) in [7, 11) is 3.99. The lowest BCUT2D eigenvalue weighted by atomic mass is 10.1. The highest BCUT2D eigenvalue weighted by atomic mass is 127. The molecule has 0 aliphatic carbocycles. The number of nitrogens with zero attached hydrogens (tertiary/aromatic N) is 3. The van der Waals surface area contributed by atoms with Crippen LogP contribution in [0.5, 0.6) is 0 Å². The summed E-state index contributed by atoms with van der Waals surface area (Å²) in [5.41, 5.74) is 1.71. The van der Waals surface area contributed by atoms with Crippen LogP contribution >= 0.6 is 24.0 Å². The number of nitrogens with one attached hydrogen (secondary N) is 3.